The molecule has 5 heteroatoms. The molecule has 108 valence electrons. The van der Waals surface area contributed by atoms with Crippen LogP contribution < -0.4 is 5.32 Å². The predicted molar refractivity (Wildman–Crippen MR) is 83.0 cm³/mol. The zero-order valence-corrected chi connectivity index (χ0v) is 12.6. The minimum absolute atomic E-state index is 0.0288. The molecule has 1 amide bonds. The quantitative estimate of drug-likeness (QED) is 0.856. The minimum atomic E-state index is -0.643. The molecule has 20 heavy (non-hydrogen) atoms. The zero-order valence-electron chi connectivity index (χ0n) is 11.8. The van der Waals surface area contributed by atoms with E-state index in [4.69, 9.17) is 0 Å². The molecule has 2 aromatic rings. The number of benzene rings is 1. The summed E-state index contributed by atoms with van der Waals surface area (Å²) in [5, 5.41) is 14.0. The van der Waals surface area contributed by atoms with Crippen LogP contribution in [-0.4, -0.2) is 43.1 Å². The number of hydrogen-bond donors (Lipinski definition) is 2. The van der Waals surface area contributed by atoms with Gasteiger partial charge in [0.2, 0.25) is 5.91 Å². The second-order valence-corrected chi connectivity index (χ2v) is 6.18. The molecule has 0 radical (unpaired) electrons. The maximum atomic E-state index is 11.6. The average Bonchev–Trinajstić information content (AvgIpc) is 2.86. The molecule has 1 aromatic carbocycles. The van der Waals surface area contributed by atoms with Gasteiger partial charge in [-0.3, -0.25) is 4.79 Å². The van der Waals surface area contributed by atoms with E-state index in [-0.39, 0.29) is 12.5 Å². The molecule has 4 nitrogen and oxygen atoms in total. The van der Waals surface area contributed by atoms with Crippen molar-refractivity contribution in [2.24, 2.45) is 0 Å². The van der Waals surface area contributed by atoms with Crippen molar-refractivity contribution < 1.29 is 9.90 Å². The van der Waals surface area contributed by atoms with Crippen LogP contribution in [0, 0.1) is 0 Å². The van der Waals surface area contributed by atoms with Crippen LogP contribution in [0.1, 0.15) is 17.4 Å². The van der Waals surface area contributed by atoms with Crippen LogP contribution in [0.2, 0.25) is 0 Å². The molecule has 1 atom stereocenters. The van der Waals surface area contributed by atoms with Crippen molar-refractivity contribution in [1.29, 1.82) is 0 Å². The highest BCUT2D eigenvalue weighted by Gasteiger charge is 2.12. The van der Waals surface area contributed by atoms with Gasteiger partial charge in [0.25, 0.3) is 0 Å². The summed E-state index contributed by atoms with van der Waals surface area (Å²) in [5.74, 6) is -0.0288. The Labute approximate surface area is 123 Å². The SMILES string of the molecule is CN(C)CCC(=O)NCC(O)c1cc2ccccc2s1. The van der Waals surface area contributed by atoms with E-state index < -0.39 is 6.10 Å². The van der Waals surface area contributed by atoms with Crippen molar-refractivity contribution in [3.05, 3.63) is 35.2 Å². The highest BCUT2D eigenvalue weighted by Crippen LogP contribution is 2.29. The number of nitrogens with one attached hydrogen (secondary N) is 1. The summed E-state index contributed by atoms with van der Waals surface area (Å²) < 4.78 is 1.15. The van der Waals surface area contributed by atoms with Gasteiger partial charge in [-0.15, -0.1) is 11.3 Å². The average molecular weight is 292 g/mol. The molecule has 0 fully saturated rings. The first-order valence-corrected chi connectivity index (χ1v) is 7.46. The van der Waals surface area contributed by atoms with Crippen LogP contribution in [0.25, 0.3) is 10.1 Å². The van der Waals surface area contributed by atoms with Gasteiger partial charge in [0.15, 0.2) is 0 Å². The zero-order chi connectivity index (χ0) is 14.5. The van der Waals surface area contributed by atoms with E-state index in [1.54, 1.807) is 11.3 Å². The Morgan fingerprint density at radius 1 is 1.40 bits per heavy atom. The summed E-state index contributed by atoms with van der Waals surface area (Å²) in [5.41, 5.74) is 0. The summed E-state index contributed by atoms with van der Waals surface area (Å²) in [7, 11) is 3.86. The van der Waals surface area contributed by atoms with Gasteiger partial charge in [0, 0.05) is 29.1 Å². The third-order valence-corrected chi connectivity index (χ3v) is 4.27. The van der Waals surface area contributed by atoms with Crippen LogP contribution >= 0.6 is 11.3 Å². The standard InChI is InChI=1S/C15H20N2O2S/c1-17(2)8-7-15(19)16-10-12(18)14-9-11-5-3-4-6-13(11)20-14/h3-6,9,12,18H,7-8,10H2,1-2H3,(H,16,19). The largest absolute Gasteiger partial charge is 0.386 e. The van der Waals surface area contributed by atoms with Gasteiger partial charge >= 0.3 is 0 Å². The van der Waals surface area contributed by atoms with Crippen molar-refractivity contribution >= 4 is 27.3 Å². The lowest BCUT2D eigenvalue weighted by Gasteiger charge is -2.12. The van der Waals surface area contributed by atoms with Crippen molar-refractivity contribution in [1.82, 2.24) is 10.2 Å². The van der Waals surface area contributed by atoms with Gasteiger partial charge in [-0.2, -0.15) is 0 Å². The molecule has 0 spiro atoms. The minimum Gasteiger partial charge on any atom is -0.386 e. The van der Waals surface area contributed by atoms with Crippen molar-refractivity contribution in [2.45, 2.75) is 12.5 Å². The van der Waals surface area contributed by atoms with Crippen LogP contribution in [0.4, 0.5) is 0 Å². The fourth-order valence-electron chi connectivity index (χ4n) is 1.89. The molecule has 0 aliphatic rings. The first-order chi connectivity index (χ1) is 9.56. The monoisotopic (exact) mass is 292 g/mol. The van der Waals surface area contributed by atoms with E-state index in [1.807, 2.05) is 49.3 Å². The summed E-state index contributed by atoms with van der Waals surface area (Å²) in [4.78, 5) is 14.5. The highest BCUT2D eigenvalue weighted by molar-refractivity contribution is 7.19. The van der Waals surface area contributed by atoms with E-state index >= 15 is 0 Å². The summed E-state index contributed by atoms with van der Waals surface area (Å²) in [6.45, 7) is 0.976. The number of aliphatic hydroxyl groups excluding tert-OH is 1. The number of aliphatic hydroxyl groups is 1. The second kappa shape index (κ2) is 6.83. The van der Waals surface area contributed by atoms with Crippen LogP contribution in [0.15, 0.2) is 30.3 Å². The van der Waals surface area contributed by atoms with Crippen LogP contribution in [-0.2, 0) is 4.79 Å². The fourth-order valence-corrected chi connectivity index (χ4v) is 2.94. The highest BCUT2D eigenvalue weighted by atomic mass is 32.1. The number of hydrogen-bond acceptors (Lipinski definition) is 4. The molecular weight excluding hydrogens is 272 g/mol. The Bertz CT molecular complexity index is 547. The lowest BCUT2D eigenvalue weighted by Crippen LogP contribution is -2.30. The molecule has 0 saturated heterocycles. The number of fused-ring (bicyclic) bond motifs is 1. The van der Waals surface area contributed by atoms with Crippen LogP contribution in [0.5, 0.6) is 0 Å². The molecule has 0 bridgehead atoms. The molecule has 1 aromatic heterocycles. The van der Waals surface area contributed by atoms with Crippen molar-refractivity contribution in [2.75, 3.05) is 27.2 Å². The Morgan fingerprint density at radius 3 is 2.85 bits per heavy atom. The van der Waals surface area contributed by atoms with Gasteiger partial charge < -0.3 is 15.3 Å². The Balaban J connectivity index is 1.88. The van der Waals surface area contributed by atoms with Gasteiger partial charge in [-0.25, -0.2) is 0 Å². The fraction of sp³-hybridized carbons (Fsp3) is 0.400. The molecule has 2 N–H and O–H groups in total. The summed E-state index contributed by atoms with van der Waals surface area (Å²) in [6.07, 6.45) is -0.192. The smallest absolute Gasteiger partial charge is 0.221 e. The first kappa shape index (κ1) is 15.0. The summed E-state index contributed by atoms with van der Waals surface area (Å²) >= 11 is 1.57. The number of rotatable bonds is 6. The number of thiophene rings is 1. The lowest BCUT2D eigenvalue weighted by molar-refractivity contribution is -0.121. The van der Waals surface area contributed by atoms with Gasteiger partial charge in [0.05, 0.1) is 0 Å². The van der Waals surface area contributed by atoms with E-state index in [0.717, 1.165) is 15.0 Å². The van der Waals surface area contributed by atoms with E-state index in [0.29, 0.717) is 13.0 Å². The van der Waals surface area contributed by atoms with E-state index in [1.165, 1.54) is 0 Å². The third kappa shape index (κ3) is 4.03. The van der Waals surface area contributed by atoms with Gasteiger partial charge in [0.1, 0.15) is 6.10 Å². The van der Waals surface area contributed by atoms with E-state index in [9.17, 15) is 9.90 Å². The Morgan fingerprint density at radius 2 is 2.15 bits per heavy atom. The second-order valence-electron chi connectivity index (χ2n) is 5.06. The number of carbonyl (C=O) groups is 1. The first-order valence-electron chi connectivity index (χ1n) is 6.64. The normalized spacial score (nSPS) is 12.8. The number of nitrogens with zero attached hydrogens (tertiary/aromatic N) is 1. The summed E-state index contributed by atoms with van der Waals surface area (Å²) in [6, 6.07) is 10.0. The Kier molecular flexibility index (Phi) is 5.11. The van der Waals surface area contributed by atoms with Crippen LogP contribution in [0.3, 0.4) is 0 Å². The molecule has 0 aliphatic heterocycles. The molecule has 0 aliphatic carbocycles. The number of amides is 1. The third-order valence-electron chi connectivity index (χ3n) is 3.05. The Hall–Kier alpha value is -1.43. The molecular formula is C15H20N2O2S. The molecule has 1 unspecified atom stereocenters. The van der Waals surface area contributed by atoms with Crippen molar-refractivity contribution in [3.8, 4) is 0 Å². The maximum Gasteiger partial charge on any atom is 0.221 e. The number of carbonyl (C=O) groups excluding carboxylic acids is 1. The van der Waals surface area contributed by atoms with Gasteiger partial charge in [-0.05, 0) is 31.6 Å². The maximum absolute atomic E-state index is 11.6. The van der Waals surface area contributed by atoms with E-state index in [2.05, 4.69) is 5.32 Å². The predicted octanol–water partition coefficient (Wildman–Crippen LogP) is 2.00. The molecule has 0 saturated carbocycles. The van der Waals surface area contributed by atoms with Crippen molar-refractivity contribution in [3.63, 3.8) is 0 Å². The van der Waals surface area contributed by atoms with Gasteiger partial charge in [-0.1, -0.05) is 18.2 Å². The topological polar surface area (TPSA) is 52.6 Å². The molecule has 2 rings (SSSR count). The molecule has 1 heterocycles. The lowest BCUT2D eigenvalue weighted by atomic mass is 10.2.